The number of benzene rings is 1. The second-order valence-electron chi connectivity index (χ2n) is 9.79. The van der Waals surface area contributed by atoms with E-state index in [-0.39, 0.29) is 24.0 Å². The third-order valence-electron chi connectivity index (χ3n) is 6.19. The van der Waals surface area contributed by atoms with E-state index >= 15 is 0 Å². The van der Waals surface area contributed by atoms with Crippen LogP contribution in [0.5, 0.6) is 11.5 Å². The van der Waals surface area contributed by atoms with E-state index in [4.69, 9.17) is 18.9 Å². The maximum atomic E-state index is 13.1. The lowest BCUT2D eigenvalue weighted by Crippen LogP contribution is -2.49. The molecular weight excluding hydrogens is 438 g/mol. The van der Waals surface area contributed by atoms with Crippen molar-refractivity contribution in [1.82, 2.24) is 15.1 Å². The smallest absolute Gasteiger partial charge is 0.410 e. The molecule has 2 amide bonds. The van der Waals surface area contributed by atoms with Gasteiger partial charge in [0, 0.05) is 32.7 Å². The first-order chi connectivity index (χ1) is 16.2. The highest BCUT2D eigenvalue weighted by molar-refractivity contribution is 5.80. The summed E-state index contributed by atoms with van der Waals surface area (Å²) in [7, 11) is 3.23. The van der Waals surface area contributed by atoms with Gasteiger partial charge in [-0.3, -0.25) is 9.69 Å². The molecule has 9 nitrogen and oxygen atoms in total. The molecule has 190 valence electrons. The number of hydrogen-bond acceptors (Lipinski definition) is 7. The number of nitrogens with one attached hydrogen (secondary N) is 1. The molecule has 2 fully saturated rings. The Labute approximate surface area is 202 Å². The number of methoxy groups -OCH3 is 2. The van der Waals surface area contributed by atoms with Crippen LogP contribution in [0.15, 0.2) is 18.2 Å². The van der Waals surface area contributed by atoms with Crippen molar-refractivity contribution < 1.29 is 28.5 Å². The SMILES string of the molecule is COc1ccc(C(CNC(=O)C2CCCN(C(=O)OC(C)(C)C)C2)N2CCOCC2)cc1OC. The van der Waals surface area contributed by atoms with Crippen LogP contribution in [0, 0.1) is 5.92 Å². The minimum Gasteiger partial charge on any atom is -0.493 e. The Balaban J connectivity index is 1.67. The molecule has 0 bridgehead atoms. The van der Waals surface area contributed by atoms with Crippen LogP contribution in [0.3, 0.4) is 0 Å². The van der Waals surface area contributed by atoms with Crippen LogP contribution in [-0.4, -0.2) is 87.6 Å². The van der Waals surface area contributed by atoms with Gasteiger partial charge >= 0.3 is 6.09 Å². The summed E-state index contributed by atoms with van der Waals surface area (Å²) in [4.78, 5) is 29.6. The molecule has 2 saturated heterocycles. The van der Waals surface area contributed by atoms with E-state index in [1.54, 1.807) is 19.1 Å². The molecule has 1 aromatic rings. The van der Waals surface area contributed by atoms with Crippen LogP contribution in [-0.2, 0) is 14.3 Å². The van der Waals surface area contributed by atoms with Crippen molar-refractivity contribution >= 4 is 12.0 Å². The predicted octanol–water partition coefficient (Wildman–Crippen LogP) is 2.84. The third-order valence-corrected chi connectivity index (χ3v) is 6.19. The standard InChI is InChI=1S/C25H39N3O6/c1-25(2,3)34-24(30)28-10-6-7-19(17-28)23(29)26-16-20(27-11-13-33-14-12-27)18-8-9-21(31-4)22(15-18)32-5/h8-9,15,19-20H,6-7,10-14,16-17H2,1-5H3,(H,26,29). The second-order valence-corrected chi connectivity index (χ2v) is 9.79. The topological polar surface area (TPSA) is 89.6 Å². The average Bonchev–Trinajstić information content (AvgIpc) is 2.83. The van der Waals surface area contributed by atoms with Gasteiger partial charge in [-0.1, -0.05) is 6.07 Å². The highest BCUT2D eigenvalue weighted by Crippen LogP contribution is 2.32. The molecule has 2 heterocycles. The lowest BCUT2D eigenvalue weighted by atomic mass is 9.97. The maximum Gasteiger partial charge on any atom is 0.410 e. The summed E-state index contributed by atoms with van der Waals surface area (Å²) in [5.41, 5.74) is 0.482. The van der Waals surface area contributed by atoms with Gasteiger partial charge < -0.3 is 29.2 Å². The van der Waals surface area contributed by atoms with Gasteiger partial charge in [0.25, 0.3) is 0 Å². The summed E-state index contributed by atoms with van der Waals surface area (Å²) in [6.07, 6.45) is 1.17. The maximum absolute atomic E-state index is 13.1. The fraction of sp³-hybridized carbons (Fsp3) is 0.680. The zero-order chi connectivity index (χ0) is 24.7. The molecule has 34 heavy (non-hydrogen) atoms. The molecule has 1 N–H and O–H groups in total. The van der Waals surface area contributed by atoms with Crippen molar-refractivity contribution in [2.75, 3.05) is 60.2 Å². The third kappa shape index (κ3) is 6.99. The molecule has 0 radical (unpaired) electrons. The highest BCUT2D eigenvalue weighted by atomic mass is 16.6. The molecule has 2 aliphatic heterocycles. The molecule has 1 aromatic carbocycles. The number of hydrogen-bond donors (Lipinski definition) is 1. The summed E-state index contributed by atoms with van der Waals surface area (Å²) < 4.78 is 21.9. The first kappa shape index (κ1) is 26.1. The lowest BCUT2D eigenvalue weighted by molar-refractivity contribution is -0.126. The van der Waals surface area contributed by atoms with E-state index in [1.807, 2.05) is 39.0 Å². The molecule has 3 rings (SSSR count). The molecule has 0 aliphatic carbocycles. The average molecular weight is 478 g/mol. The quantitative estimate of drug-likeness (QED) is 0.646. The number of carbonyl (C=O) groups excluding carboxylic acids is 2. The predicted molar refractivity (Wildman–Crippen MR) is 128 cm³/mol. The number of amides is 2. The number of ether oxygens (including phenoxy) is 4. The molecule has 0 aromatic heterocycles. The molecule has 2 atom stereocenters. The van der Waals surface area contributed by atoms with Crippen molar-refractivity contribution in [2.24, 2.45) is 5.92 Å². The fourth-order valence-corrected chi connectivity index (χ4v) is 4.43. The Morgan fingerprint density at radius 2 is 1.82 bits per heavy atom. The van der Waals surface area contributed by atoms with Crippen molar-refractivity contribution in [1.29, 1.82) is 0 Å². The van der Waals surface area contributed by atoms with E-state index in [0.717, 1.165) is 31.5 Å². The summed E-state index contributed by atoms with van der Waals surface area (Å²) >= 11 is 0. The monoisotopic (exact) mass is 477 g/mol. The zero-order valence-electron chi connectivity index (χ0n) is 21.1. The van der Waals surface area contributed by atoms with E-state index < -0.39 is 5.60 Å². The summed E-state index contributed by atoms with van der Waals surface area (Å²) in [6.45, 7) is 9.86. The van der Waals surface area contributed by atoms with Gasteiger partial charge in [0.1, 0.15) is 5.60 Å². The Kier molecular flexibility index (Phi) is 9.02. The summed E-state index contributed by atoms with van der Waals surface area (Å²) in [5.74, 6) is 1.04. The van der Waals surface area contributed by atoms with Crippen molar-refractivity contribution in [2.45, 2.75) is 45.3 Å². The van der Waals surface area contributed by atoms with Crippen LogP contribution in [0.2, 0.25) is 0 Å². The molecule has 9 heteroatoms. The summed E-state index contributed by atoms with van der Waals surface area (Å²) in [5, 5.41) is 3.15. The van der Waals surface area contributed by atoms with Gasteiger partial charge in [-0.2, -0.15) is 0 Å². The first-order valence-corrected chi connectivity index (χ1v) is 12.0. The Morgan fingerprint density at radius 3 is 2.47 bits per heavy atom. The van der Waals surface area contributed by atoms with Gasteiger partial charge in [0.2, 0.25) is 5.91 Å². The number of rotatable bonds is 7. The number of morpholine rings is 1. The Morgan fingerprint density at radius 1 is 1.12 bits per heavy atom. The van der Waals surface area contributed by atoms with Crippen LogP contribution in [0.1, 0.15) is 45.2 Å². The van der Waals surface area contributed by atoms with Crippen LogP contribution < -0.4 is 14.8 Å². The molecular formula is C25H39N3O6. The van der Waals surface area contributed by atoms with Gasteiger partial charge in [0.05, 0.1) is 39.4 Å². The number of piperidine rings is 1. The normalized spacial score (nSPS) is 20.4. The van der Waals surface area contributed by atoms with Gasteiger partial charge in [-0.15, -0.1) is 0 Å². The van der Waals surface area contributed by atoms with E-state index in [2.05, 4.69) is 10.2 Å². The fourth-order valence-electron chi connectivity index (χ4n) is 4.43. The second kappa shape index (κ2) is 11.8. The number of likely N-dealkylation sites (tertiary alicyclic amines) is 1. The first-order valence-electron chi connectivity index (χ1n) is 12.0. The minimum absolute atomic E-state index is 0.0294. The van der Waals surface area contributed by atoms with E-state index in [1.165, 1.54) is 0 Å². The summed E-state index contributed by atoms with van der Waals surface area (Å²) in [6, 6.07) is 5.84. The molecule has 0 spiro atoms. The Hall–Kier alpha value is -2.52. The largest absolute Gasteiger partial charge is 0.493 e. The van der Waals surface area contributed by atoms with Crippen molar-refractivity contribution in [3.05, 3.63) is 23.8 Å². The molecule has 0 saturated carbocycles. The van der Waals surface area contributed by atoms with Crippen molar-refractivity contribution in [3.63, 3.8) is 0 Å². The Bertz CT molecular complexity index is 834. The number of carbonyl (C=O) groups is 2. The number of nitrogens with zero attached hydrogens (tertiary/aromatic N) is 2. The molecule has 2 aliphatic rings. The van der Waals surface area contributed by atoms with Gasteiger partial charge in [0.15, 0.2) is 11.5 Å². The van der Waals surface area contributed by atoms with Crippen molar-refractivity contribution in [3.8, 4) is 11.5 Å². The van der Waals surface area contributed by atoms with Crippen LogP contribution >= 0.6 is 0 Å². The van der Waals surface area contributed by atoms with E-state index in [9.17, 15) is 9.59 Å². The van der Waals surface area contributed by atoms with Gasteiger partial charge in [-0.25, -0.2) is 4.79 Å². The molecule has 2 unspecified atom stereocenters. The zero-order valence-corrected chi connectivity index (χ0v) is 21.1. The lowest BCUT2D eigenvalue weighted by Gasteiger charge is -2.36. The van der Waals surface area contributed by atoms with Crippen LogP contribution in [0.25, 0.3) is 0 Å². The minimum atomic E-state index is -0.558. The highest BCUT2D eigenvalue weighted by Gasteiger charge is 2.32. The van der Waals surface area contributed by atoms with Gasteiger partial charge in [-0.05, 0) is 51.3 Å². The van der Waals surface area contributed by atoms with Crippen LogP contribution in [0.4, 0.5) is 4.79 Å². The van der Waals surface area contributed by atoms with E-state index in [0.29, 0.717) is 44.3 Å².